The van der Waals surface area contributed by atoms with Crippen molar-refractivity contribution in [2.45, 2.75) is 53.1 Å². The molecule has 1 amide bonds. The van der Waals surface area contributed by atoms with Crippen molar-refractivity contribution in [1.29, 1.82) is 0 Å². The maximum Gasteiger partial charge on any atom is 0.224 e. The molecule has 1 aliphatic rings. The predicted octanol–water partition coefficient (Wildman–Crippen LogP) is 3.30. The van der Waals surface area contributed by atoms with E-state index in [1.165, 1.54) is 34.4 Å². The number of aromatic nitrogens is 3. The number of fused-ring (bicyclic) bond motifs is 1. The van der Waals surface area contributed by atoms with Gasteiger partial charge in [0.2, 0.25) is 5.91 Å². The third-order valence-electron chi connectivity index (χ3n) is 6.49. The molecule has 2 heterocycles. The Balaban J connectivity index is 1.29. The lowest BCUT2D eigenvalue weighted by Crippen LogP contribution is -2.29. The van der Waals surface area contributed by atoms with Gasteiger partial charge in [-0.1, -0.05) is 24.3 Å². The first-order chi connectivity index (χ1) is 15.9. The highest BCUT2D eigenvalue weighted by atomic mass is 19.1. The summed E-state index contributed by atoms with van der Waals surface area (Å²) in [5.41, 5.74) is 6.21. The highest BCUT2D eigenvalue weighted by Gasteiger charge is 2.19. The molecular weight excluding hydrogens is 417 g/mol. The van der Waals surface area contributed by atoms with Gasteiger partial charge < -0.3 is 9.88 Å². The second-order valence-electron chi connectivity index (χ2n) is 8.98. The first-order valence-corrected chi connectivity index (χ1v) is 11.6. The standard InChI is InChI=1S/C26H32FN5O/c1-18-14-20(3)22(15-19(18)2)17-31-11-9-25-30-29-24(32(25)13-12-31)8-10-28-26(33)16-21-4-6-23(27)7-5-21/h4-7,14-15H,8-13,16-17H2,1-3H3,(H,28,33). The van der Waals surface area contributed by atoms with Crippen molar-refractivity contribution in [3.63, 3.8) is 0 Å². The molecule has 7 heteroatoms. The Labute approximate surface area is 194 Å². The number of rotatable bonds is 7. The summed E-state index contributed by atoms with van der Waals surface area (Å²) >= 11 is 0. The molecule has 6 nitrogen and oxygen atoms in total. The van der Waals surface area contributed by atoms with Gasteiger partial charge in [0.05, 0.1) is 6.42 Å². The zero-order valence-corrected chi connectivity index (χ0v) is 19.7. The molecule has 0 saturated heterocycles. The summed E-state index contributed by atoms with van der Waals surface area (Å²) < 4.78 is 15.2. The molecular formula is C26H32FN5O. The van der Waals surface area contributed by atoms with Crippen molar-refractivity contribution in [2.24, 2.45) is 0 Å². The van der Waals surface area contributed by atoms with Crippen LogP contribution in [-0.2, 0) is 37.1 Å². The largest absolute Gasteiger partial charge is 0.355 e. The van der Waals surface area contributed by atoms with Gasteiger partial charge in [0.25, 0.3) is 0 Å². The van der Waals surface area contributed by atoms with Gasteiger partial charge in [-0.2, -0.15) is 0 Å². The van der Waals surface area contributed by atoms with Crippen LogP contribution in [0.5, 0.6) is 0 Å². The molecule has 0 aliphatic carbocycles. The first-order valence-electron chi connectivity index (χ1n) is 11.6. The van der Waals surface area contributed by atoms with Crippen LogP contribution in [0.15, 0.2) is 36.4 Å². The van der Waals surface area contributed by atoms with E-state index in [0.717, 1.165) is 49.8 Å². The summed E-state index contributed by atoms with van der Waals surface area (Å²) in [6.45, 7) is 10.7. The quantitative estimate of drug-likeness (QED) is 0.601. The summed E-state index contributed by atoms with van der Waals surface area (Å²) in [6.07, 6.45) is 1.75. The molecule has 2 aromatic carbocycles. The lowest BCUT2D eigenvalue weighted by molar-refractivity contribution is -0.120. The summed E-state index contributed by atoms with van der Waals surface area (Å²) in [5.74, 6) is 1.56. The van der Waals surface area contributed by atoms with Crippen molar-refractivity contribution in [3.8, 4) is 0 Å². The number of hydrogen-bond acceptors (Lipinski definition) is 4. The van der Waals surface area contributed by atoms with E-state index in [2.05, 4.69) is 57.9 Å². The lowest BCUT2D eigenvalue weighted by atomic mass is 10.0. The minimum atomic E-state index is -0.297. The Morgan fingerprint density at radius 2 is 1.76 bits per heavy atom. The van der Waals surface area contributed by atoms with Crippen LogP contribution < -0.4 is 5.32 Å². The number of amides is 1. The Kier molecular flexibility index (Phi) is 7.18. The zero-order chi connectivity index (χ0) is 23.4. The van der Waals surface area contributed by atoms with Crippen LogP contribution in [0.2, 0.25) is 0 Å². The first kappa shape index (κ1) is 23.1. The van der Waals surface area contributed by atoms with E-state index in [9.17, 15) is 9.18 Å². The molecule has 0 spiro atoms. The van der Waals surface area contributed by atoms with Gasteiger partial charge in [-0.3, -0.25) is 9.69 Å². The predicted molar refractivity (Wildman–Crippen MR) is 126 cm³/mol. The van der Waals surface area contributed by atoms with Gasteiger partial charge in [0.15, 0.2) is 0 Å². The molecule has 1 aliphatic heterocycles. The van der Waals surface area contributed by atoms with E-state index < -0.39 is 0 Å². The molecule has 0 bridgehead atoms. The second kappa shape index (κ2) is 10.3. The molecule has 0 fully saturated rings. The maximum atomic E-state index is 13.0. The minimum Gasteiger partial charge on any atom is -0.355 e. The number of carbonyl (C=O) groups excluding carboxylic acids is 1. The number of nitrogens with one attached hydrogen (secondary N) is 1. The second-order valence-corrected chi connectivity index (χ2v) is 8.98. The van der Waals surface area contributed by atoms with Crippen LogP contribution in [0, 0.1) is 26.6 Å². The number of benzene rings is 2. The third-order valence-corrected chi connectivity index (χ3v) is 6.49. The van der Waals surface area contributed by atoms with E-state index >= 15 is 0 Å². The fourth-order valence-corrected chi connectivity index (χ4v) is 4.37. The molecule has 0 radical (unpaired) electrons. The van der Waals surface area contributed by atoms with Gasteiger partial charge in [-0.25, -0.2) is 4.39 Å². The SMILES string of the molecule is Cc1cc(C)c(CN2CCc3nnc(CCNC(=O)Cc4ccc(F)cc4)n3CC2)cc1C. The zero-order valence-electron chi connectivity index (χ0n) is 19.7. The Morgan fingerprint density at radius 3 is 2.55 bits per heavy atom. The molecule has 0 unspecified atom stereocenters. The van der Waals surface area contributed by atoms with Crippen molar-refractivity contribution in [3.05, 3.63) is 81.7 Å². The van der Waals surface area contributed by atoms with E-state index in [1.807, 2.05) is 0 Å². The van der Waals surface area contributed by atoms with Crippen LogP contribution in [0.3, 0.4) is 0 Å². The van der Waals surface area contributed by atoms with Crippen LogP contribution >= 0.6 is 0 Å². The van der Waals surface area contributed by atoms with E-state index in [1.54, 1.807) is 12.1 Å². The Morgan fingerprint density at radius 1 is 1.00 bits per heavy atom. The normalized spacial score (nSPS) is 14.1. The fourth-order valence-electron chi connectivity index (χ4n) is 4.37. The highest BCUT2D eigenvalue weighted by Crippen LogP contribution is 2.19. The van der Waals surface area contributed by atoms with Crippen molar-refractivity contribution < 1.29 is 9.18 Å². The van der Waals surface area contributed by atoms with Crippen molar-refractivity contribution in [1.82, 2.24) is 25.0 Å². The fraction of sp³-hybridized carbons (Fsp3) is 0.423. The monoisotopic (exact) mass is 449 g/mol. The lowest BCUT2D eigenvalue weighted by Gasteiger charge is -2.21. The van der Waals surface area contributed by atoms with E-state index in [-0.39, 0.29) is 18.1 Å². The highest BCUT2D eigenvalue weighted by molar-refractivity contribution is 5.78. The van der Waals surface area contributed by atoms with E-state index in [0.29, 0.717) is 13.0 Å². The summed E-state index contributed by atoms with van der Waals surface area (Å²) in [6, 6.07) is 10.6. The van der Waals surface area contributed by atoms with Crippen LogP contribution in [-0.4, -0.2) is 45.2 Å². The maximum absolute atomic E-state index is 13.0. The number of halogens is 1. The van der Waals surface area contributed by atoms with Crippen LogP contribution in [0.4, 0.5) is 4.39 Å². The number of aryl methyl sites for hydroxylation is 3. The van der Waals surface area contributed by atoms with Gasteiger partial charge in [0, 0.05) is 45.6 Å². The molecule has 0 saturated carbocycles. The molecule has 1 N–H and O–H groups in total. The number of carbonyl (C=O) groups is 1. The summed E-state index contributed by atoms with van der Waals surface area (Å²) in [4.78, 5) is 14.7. The van der Waals surface area contributed by atoms with Gasteiger partial charge in [-0.05, 0) is 60.7 Å². The summed E-state index contributed by atoms with van der Waals surface area (Å²) in [7, 11) is 0. The van der Waals surface area contributed by atoms with Gasteiger partial charge in [0.1, 0.15) is 17.5 Å². The van der Waals surface area contributed by atoms with Crippen molar-refractivity contribution in [2.75, 3.05) is 19.6 Å². The number of nitrogens with zero attached hydrogens (tertiary/aromatic N) is 4. The molecule has 4 rings (SSSR count). The Bertz CT molecular complexity index is 1120. The third kappa shape index (κ3) is 5.85. The van der Waals surface area contributed by atoms with Gasteiger partial charge in [-0.15, -0.1) is 10.2 Å². The molecule has 3 aromatic rings. The Hall–Kier alpha value is -3.06. The molecule has 0 atom stereocenters. The topological polar surface area (TPSA) is 63.1 Å². The summed E-state index contributed by atoms with van der Waals surface area (Å²) in [5, 5.41) is 11.7. The molecule has 33 heavy (non-hydrogen) atoms. The number of hydrogen-bond donors (Lipinski definition) is 1. The van der Waals surface area contributed by atoms with Crippen LogP contribution in [0.25, 0.3) is 0 Å². The molecule has 174 valence electrons. The molecule has 1 aromatic heterocycles. The van der Waals surface area contributed by atoms with Crippen molar-refractivity contribution >= 4 is 5.91 Å². The van der Waals surface area contributed by atoms with Crippen LogP contribution in [0.1, 0.15) is 39.5 Å². The minimum absolute atomic E-state index is 0.0767. The average Bonchev–Trinajstić information content (AvgIpc) is 3.05. The average molecular weight is 450 g/mol. The van der Waals surface area contributed by atoms with E-state index in [4.69, 9.17) is 0 Å². The smallest absolute Gasteiger partial charge is 0.224 e. The van der Waals surface area contributed by atoms with Gasteiger partial charge >= 0.3 is 0 Å².